The molecule has 0 radical (unpaired) electrons. The second-order valence-electron chi connectivity index (χ2n) is 3.67. The van der Waals surface area contributed by atoms with Crippen molar-refractivity contribution in [2.45, 2.75) is 32.6 Å². The van der Waals surface area contributed by atoms with Crippen molar-refractivity contribution in [3.05, 3.63) is 47.0 Å². The number of aryl methyl sites for hydroxylation is 2. The summed E-state index contributed by atoms with van der Waals surface area (Å²) >= 11 is 0. The van der Waals surface area contributed by atoms with Crippen molar-refractivity contribution in [3.8, 4) is 0 Å². The van der Waals surface area contributed by atoms with E-state index in [1.54, 1.807) is 5.56 Å². The van der Waals surface area contributed by atoms with Crippen molar-refractivity contribution in [2.75, 3.05) is 0 Å². The predicted octanol–water partition coefficient (Wildman–Crippen LogP) is 3.29. The highest BCUT2D eigenvalue weighted by Gasteiger charge is 2.04. The minimum Gasteiger partial charge on any atom is -0.0879 e. The van der Waals surface area contributed by atoms with Crippen LogP contribution in [0.25, 0.3) is 0 Å². The molecule has 1 aromatic rings. The molecule has 0 fully saturated rings. The molecular weight excluding hydrogens is 156 g/mol. The number of allylic oxidation sites excluding steroid dienone is 2. The lowest BCUT2D eigenvalue weighted by molar-refractivity contribution is 0.988. The fraction of sp³-hybridized carbons (Fsp3) is 0.385. The molecule has 1 aliphatic carbocycles. The monoisotopic (exact) mass is 172 g/mol. The average Bonchev–Trinajstić information content (AvgIpc) is 2.41. The van der Waals surface area contributed by atoms with Crippen LogP contribution in [-0.2, 0) is 19.3 Å². The van der Waals surface area contributed by atoms with E-state index in [9.17, 15) is 0 Å². The molecule has 0 N–H and O–H groups in total. The van der Waals surface area contributed by atoms with Gasteiger partial charge in [0, 0.05) is 0 Å². The minimum absolute atomic E-state index is 1.12. The van der Waals surface area contributed by atoms with Gasteiger partial charge < -0.3 is 0 Å². The molecule has 0 unspecified atom stereocenters. The Hall–Kier alpha value is -1.04. The van der Waals surface area contributed by atoms with Gasteiger partial charge in [0.05, 0.1) is 0 Å². The molecule has 0 amide bonds. The molecule has 0 bridgehead atoms. The third kappa shape index (κ3) is 1.82. The van der Waals surface area contributed by atoms with Crippen LogP contribution in [0.1, 0.15) is 30.0 Å². The first kappa shape index (κ1) is 8.55. The van der Waals surface area contributed by atoms with Crippen LogP contribution in [0.2, 0.25) is 0 Å². The van der Waals surface area contributed by atoms with Crippen molar-refractivity contribution >= 4 is 0 Å². The molecule has 0 aliphatic heterocycles. The molecule has 0 heteroatoms. The summed E-state index contributed by atoms with van der Waals surface area (Å²) in [5.41, 5.74) is 4.55. The molecule has 0 saturated heterocycles. The second kappa shape index (κ2) is 3.78. The summed E-state index contributed by atoms with van der Waals surface area (Å²) in [5.74, 6) is 0. The van der Waals surface area contributed by atoms with E-state index in [4.69, 9.17) is 0 Å². The number of benzene rings is 1. The zero-order valence-corrected chi connectivity index (χ0v) is 8.22. The van der Waals surface area contributed by atoms with Crippen LogP contribution in [-0.4, -0.2) is 0 Å². The first-order valence-corrected chi connectivity index (χ1v) is 5.16. The predicted molar refractivity (Wildman–Crippen MR) is 57.0 cm³/mol. The van der Waals surface area contributed by atoms with Gasteiger partial charge in [-0.2, -0.15) is 0 Å². The lowest BCUT2D eigenvalue weighted by atomic mass is 9.99. The molecule has 1 aliphatic rings. The van der Waals surface area contributed by atoms with Crippen LogP contribution < -0.4 is 0 Å². The van der Waals surface area contributed by atoms with Gasteiger partial charge in [-0.15, -0.1) is 0 Å². The van der Waals surface area contributed by atoms with Crippen molar-refractivity contribution in [1.82, 2.24) is 0 Å². The van der Waals surface area contributed by atoms with Gasteiger partial charge >= 0.3 is 0 Å². The lowest BCUT2D eigenvalue weighted by Crippen LogP contribution is -1.92. The number of hydrogen-bond donors (Lipinski definition) is 0. The van der Waals surface area contributed by atoms with Gasteiger partial charge in [0.2, 0.25) is 0 Å². The summed E-state index contributed by atoms with van der Waals surface area (Å²) in [7, 11) is 0. The first-order chi connectivity index (χ1) is 6.40. The maximum atomic E-state index is 2.38. The van der Waals surface area contributed by atoms with E-state index in [1.807, 2.05) is 0 Å². The van der Waals surface area contributed by atoms with Crippen LogP contribution in [0.4, 0.5) is 0 Å². The van der Waals surface area contributed by atoms with Gasteiger partial charge in [-0.25, -0.2) is 0 Å². The maximum Gasteiger partial charge on any atom is -0.00947 e. The van der Waals surface area contributed by atoms with Crippen molar-refractivity contribution in [3.63, 3.8) is 0 Å². The Morgan fingerprint density at radius 3 is 2.92 bits per heavy atom. The third-order valence-corrected chi connectivity index (χ3v) is 2.76. The summed E-state index contributed by atoms with van der Waals surface area (Å²) in [6.45, 7) is 2.22. The van der Waals surface area contributed by atoms with Gasteiger partial charge in [-0.05, 0) is 42.4 Å². The number of fused-ring (bicyclic) bond motifs is 1. The highest BCUT2D eigenvalue weighted by Crippen LogP contribution is 2.18. The molecule has 0 nitrogen and oxygen atoms in total. The van der Waals surface area contributed by atoms with Crippen molar-refractivity contribution in [2.24, 2.45) is 0 Å². The molecule has 0 spiro atoms. The Balaban J connectivity index is 2.36. The Morgan fingerprint density at radius 1 is 1.15 bits per heavy atom. The summed E-state index contributed by atoms with van der Waals surface area (Å²) in [5, 5.41) is 0. The SMILES string of the molecule is CCc1ccc2c(c1)CCC=CC2. The van der Waals surface area contributed by atoms with Crippen LogP contribution in [0.15, 0.2) is 30.4 Å². The molecule has 0 aromatic heterocycles. The van der Waals surface area contributed by atoms with E-state index in [0.717, 1.165) is 12.8 Å². The third-order valence-electron chi connectivity index (χ3n) is 2.76. The second-order valence-corrected chi connectivity index (χ2v) is 3.67. The highest BCUT2D eigenvalue weighted by atomic mass is 14.1. The average molecular weight is 172 g/mol. The van der Waals surface area contributed by atoms with Gasteiger partial charge in [0.1, 0.15) is 0 Å². The molecular formula is C13H16. The molecule has 2 rings (SSSR count). The van der Waals surface area contributed by atoms with Crippen LogP contribution in [0.3, 0.4) is 0 Å². The van der Waals surface area contributed by atoms with E-state index in [1.165, 1.54) is 24.0 Å². The van der Waals surface area contributed by atoms with E-state index in [0.29, 0.717) is 0 Å². The topological polar surface area (TPSA) is 0 Å². The van der Waals surface area contributed by atoms with Crippen LogP contribution >= 0.6 is 0 Å². The lowest BCUT2D eigenvalue weighted by Gasteiger charge is -2.06. The fourth-order valence-corrected chi connectivity index (χ4v) is 1.90. The summed E-state index contributed by atoms with van der Waals surface area (Å²) in [4.78, 5) is 0. The number of hydrogen-bond acceptors (Lipinski definition) is 0. The Bertz CT molecular complexity index is 321. The minimum atomic E-state index is 1.12. The fourth-order valence-electron chi connectivity index (χ4n) is 1.90. The molecule has 68 valence electrons. The smallest absolute Gasteiger partial charge is 0.00947 e. The number of rotatable bonds is 1. The van der Waals surface area contributed by atoms with Gasteiger partial charge in [0.15, 0.2) is 0 Å². The van der Waals surface area contributed by atoms with E-state index >= 15 is 0 Å². The summed E-state index contributed by atoms with van der Waals surface area (Å²) < 4.78 is 0. The van der Waals surface area contributed by atoms with E-state index in [2.05, 4.69) is 37.3 Å². The molecule has 13 heavy (non-hydrogen) atoms. The van der Waals surface area contributed by atoms with Crippen molar-refractivity contribution in [1.29, 1.82) is 0 Å². The Morgan fingerprint density at radius 2 is 2.08 bits per heavy atom. The first-order valence-electron chi connectivity index (χ1n) is 5.16. The standard InChI is InChI=1S/C13H16/c1-2-11-8-9-12-6-4-3-5-7-13(12)10-11/h3-4,8-10H,2,5-7H2,1H3. The highest BCUT2D eigenvalue weighted by molar-refractivity contribution is 5.35. The summed E-state index contributed by atoms with van der Waals surface area (Å²) in [6.07, 6.45) is 9.29. The Labute approximate surface area is 80.3 Å². The largest absolute Gasteiger partial charge is 0.0879 e. The quantitative estimate of drug-likeness (QED) is 0.570. The Kier molecular flexibility index (Phi) is 2.49. The molecule has 0 heterocycles. The molecule has 1 aromatic carbocycles. The molecule has 0 saturated carbocycles. The van der Waals surface area contributed by atoms with E-state index in [-0.39, 0.29) is 0 Å². The zero-order valence-electron chi connectivity index (χ0n) is 8.22. The zero-order chi connectivity index (χ0) is 9.10. The van der Waals surface area contributed by atoms with Gasteiger partial charge in [-0.3, -0.25) is 0 Å². The maximum absolute atomic E-state index is 2.38. The normalized spacial score (nSPS) is 15.2. The van der Waals surface area contributed by atoms with Gasteiger partial charge in [0.25, 0.3) is 0 Å². The van der Waals surface area contributed by atoms with Gasteiger partial charge in [-0.1, -0.05) is 37.3 Å². The van der Waals surface area contributed by atoms with Crippen molar-refractivity contribution < 1.29 is 0 Å². The summed E-state index contributed by atoms with van der Waals surface area (Å²) in [6, 6.07) is 6.93. The van der Waals surface area contributed by atoms with E-state index < -0.39 is 0 Å². The van der Waals surface area contributed by atoms with Crippen LogP contribution in [0, 0.1) is 0 Å². The molecule has 0 atom stereocenters. The van der Waals surface area contributed by atoms with Crippen LogP contribution in [0.5, 0.6) is 0 Å².